The van der Waals surface area contributed by atoms with Crippen molar-refractivity contribution in [3.8, 4) is 11.5 Å². The number of fused-ring (bicyclic) bond motifs is 1. The summed E-state index contributed by atoms with van der Waals surface area (Å²) < 4.78 is 12.6. The molecule has 0 unspecified atom stereocenters. The molecular formula is C19H18BrN3O4. The molecule has 0 saturated heterocycles. The van der Waals surface area contributed by atoms with E-state index in [0.29, 0.717) is 28.1 Å². The van der Waals surface area contributed by atoms with E-state index in [4.69, 9.17) is 9.47 Å². The Labute approximate surface area is 164 Å². The van der Waals surface area contributed by atoms with Crippen molar-refractivity contribution in [3.05, 3.63) is 57.6 Å². The van der Waals surface area contributed by atoms with E-state index in [1.165, 1.54) is 18.0 Å². The number of methoxy groups -OCH3 is 2. The normalized spacial score (nSPS) is 10.6. The van der Waals surface area contributed by atoms with E-state index < -0.39 is 0 Å². The van der Waals surface area contributed by atoms with Crippen molar-refractivity contribution in [1.82, 2.24) is 9.55 Å². The summed E-state index contributed by atoms with van der Waals surface area (Å²) in [4.78, 5) is 29.1. The Morgan fingerprint density at radius 1 is 1.19 bits per heavy atom. The van der Waals surface area contributed by atoms with Crippen LogP contribution in [-0.4, -0.2) is 29.7 Å². The van der Waals surface area contributed by atoms with Crippen molar-refractivity contribution in [2.24, 2.45) is 0 Å². The predicted molar refractivity (Wildman–Crippen MR) is 106 cm³/mol. The number of hydrogen-bond acceptors (Lipinski definition) is 5. The second kappa shape index (κ2) is 8.22. The molecule has 1 aromatic heterocycles. The van der Waals surface area contributed by atoms with Crippen molar-refractivity contribution in [1.29, 1.82) is 0 Å². The number of rotatable bonds is 6. The highest BCUT2D eigenvalue weighted by molar-refractivity contribution is 9.10. The zero-order valence-corrected chi connectivity index (χ0v) is 16.4. The van der Waals surface area contributed by atoms with Crippen LogP contribution in [0.5, 0.6) is 11.5 Å². The second-order valence-corrected chi connectivity index (χ2v) is 6.68. The maximum Gasteiger partial charge on any atom is 0.261 e. The molecule has 0 spiro atoms. The minimum absolute atomic E-state index is 0.121. The highest BCUT2D eigenvalue weighted by Crippen LogP contribution is 2.29. The van der Waals surface area contributed by atoms with Crippen molar-refractivity contribution in [3.63, 3.8) is 0 Å². The fourth-order valence-electron chi connectivity index (χ4n) is 2.63. The third-order valence-electron chi connectivity index (χ3n) is 4.05. The predicted octanol–water partition coefficient (Wildman–Crippen LogP) is 3.21. The number of amides is 1. The summed E-state index contributed by atoms with van der Waals surface area (Å²) in [7, 11) is 3.07. The third-order valence-corrected chi connectivity index (χ3v) is 4.54. The molecule has 7 nitrogen and oxygen atoms in total. The van der Waals surface area contributed by atoms with E-state index in [0.717, 1.165) is 4.47 Å². The number of hydrogen-bond donors (Lipinski definition) is 1. The molecule has 0 aliphatic rings. The third kappa shape index (κ3) is 4.28. The number of ether oxygens (including phenoxy) is 2. The average molecular weight is 432 g/mol. The van der Waals surface area contributed by atoms with E-state index in [1.807, 2.05) is 6.07 Å². The first-order chi connectivity index (χ1) is 13.0. The molecule has 8 heteroatoms. The molecule has 0 aliphatic heterocycles. The summed E-state index contributed by atoms with van der Waals surface area (Å²) in [6.45, 7) is 0.221. The minimum Gasteiger partial charge on any atom is -0.497 e. The van der Waals surface area contributed by atoms with Gasteiger partial charge in [0.1, 0.15) is 11.5 Å². The van der Waals surface area contributed by atoms with Gasteiger partial charge in [0, 0.05) is 23.5 Å². The molecule has 0 atom stereocenters. The number of aryl methyl sites for hydroxylation is 1. The number of anilines is 1. The van der Waals surface area contributed by atoms with Crippen molar-refractivity contribution >= 4 is 38.4 Å². The van der Waals surface area contributed by atoms with Crippen LogP contribution in [0.2, 0.25) is 0 Å². The number of benzene rings is 2. The van der Waals surface area contributed by atoms with Crippen molar-refractivity contribution < 1.29 is 14.3 Å². The lowest BCUT2D eigenvalue weighted by molar-refractivity contribution is -0.116. The molecule has 1 heterocycles. The second-order valence-electron chi connectivity index (χ2n) is 5.77. The van der Waals surface area contributed by atoms with Gasteiger partial charge in [0.05, 0.1) is 37.1 Å². The Balaban J connectivity index is 1.72. The summed E-state index contributed by atoms with van der Waals surface area (Å²) in [5, 5.41) is 3.29. The van der Waals surface area contributed by atoms with Gasteiger partial charge < -0.3 is 14.8 Å². The first-order valence-corrected chi connectivity index (χ1v) is 8.97. The fourth-order valence-corrected chi connectivity index (χ4v) is 2.99. The van der Waals surface area contributed by atoms with Gasteiger partial charge >= 0.3 is 0 Å². The van der Waals surface area contributed by atoms with Crippen LogP contribution in [-0.2, 0) is 11.3 Å². The van der Waals surface area contributed by atoms with Gasteiger partial charge in [-0.25, -0.2) is 4.98 Å². The van der Waals surface area contributed by atoms with Crippen LogP contribution < -0.4 is 20.3 Å². The van der Waals surface area contributed by atoms with Gasteiger partial charge in [-0.15, -0.1) is 0 Å². The first kappa shape index (κ1) is 18.9. The molecule has 1 N–H and O–H groups in total. The van der Waals surface area contributed by atoms with Crippen LogP contribution in [0.25, 0.3) is 10.9 Å². The van der Waals surface area contributed by atoms with E-state index in [2.05, 4.69) is 26.2 Å². The molecule has 3 rings (SSSR count). The molecule has 0 fully saturated rings. The zero-order valence-electron chi connectivity index (χ0n) is 14.9. The summed E-state index contributed by atoms with van der Waals surface area (Å²) >= 11 is 3.35. The maximum absolute atomic E-state index is 12.6. The fraction of sp³-hybridized carbons (Fsp3) is 0.211. The maximum atomic E-state index is 12.6. The van der Waals surface area contributed by atoms with Gasteiger partial charge in [0.15, 0.2) is 0 Å². The number of nitrogens with zero attached hydrogens (tertiary/aromatic N) is 2. The number of aromatic nitrogens is 2. The lowest BCUT2D eigenvalue weighted by Gasteiger charge is -2.12. The summed E-state index contributed by atoms with van der Waals surface area (Å²) in [6, 6.07) is 10.4. The molecule has 1 amide bonds. The van der Waals surface area contributed by atoms with Gasteiger partial charge in [-0.1, -0.05) is 15.9 Å². The Bertz CT molecular complexity index is 1050. The van der Waals surface area contributed by atoms with Crippen molar-refractivity contribution in [2.45, 2.75) is 13.0 Å². The van der Waals surface area contributed by atoms with Crippen LogP contribution >= 0.6 is 15.9 Å². The smallest absolute Gasteiger partial charge is 0.261 e. The molecule has 2 aromatic carbocycles. The Kier molecular flexibility index (Phi) is 5.75. The first-order valence-electron chi connectivity index (χ1n) is 8.18. The molecule has 3 aromatic rings. The number of nitrogens with one attached hydrogen (secondary N) is 1. The number of carbonyl (C=O) groups excluding carboxylic acids is 1. The van der Waals surface area contributed by atoms with E-state index in [-0.39, 0.29) is 24.4 Å². The lowest BCUT2D eigenvalue weighted by atomic mass is 10.2. The monoisotopic (exact) mass is 431 g/mol. The van der Waals surface area contributed by atoms with Gasteiger partial charge in [-0.05, 0) is 30.3 Å². The van der Waals surface area contributed by atoms with E-state index >= 15 is 0 Å². The average Bonchev–Trinajstić information content (AvgIpc) is 2.68. The van der Waals surface area contributed by atoms with Crippen LogP contribution in [0, 0.1) is 0 Å². The summed E-state index contributed by atoms with van der Waals surface area (Å²) in [5.41, 5.74) is 0.971. The van der Waals surface area contributed by atoms with Crippen LogP contribution in [0.3, 0.4) is 0 Å². The van der Waals surface area contributed by atoms with Crippen LogP contribution in [0.1, 0.15) is 6.42 Å². The largest absolute Gasteiger partial charge is 0.497 e. The van der Waals surface area contributed by atoms with Crippen LogP contribution in [0.15, 0.2) is 52.0 Å². The standard InChI is InChI=1S/C19H18BrN3O4/c1-26-13-4-6-16(17(10-13)27-2)22-18(24)7-8-23-11-21-15-5-3-12(20)9-14(15)19(23)25/h3-6,9-11H,7-8H2,1-2H3,(H,22,24). The number of halogens is 1. The van der Waals surface area contributed by atoms with Crippen molar-refractivity contribution in [2.75, 3.05) is 19.5 Å². The van der Waals surface area contributed by atoms with Gasteiger partial charge in [0.2, 0.25) is 5.91 Å². The molecule has 0 aliphatic carbocycles. The Hall–Kier alpha value is -2.87. The molecular weight excluding hydrogens is 414 g/mol. The summed E-state index contributed by atoms with van der Waals surface area (Å²) in [5.74, 6) is 0.890. The molecule has 140 valence electrons. The number of carbonyl (C=O) groups is 1. The molecule has 27 heavy (non-hydrogen) atoms. The highest BCUT2D eigenvalue weighted by Gasteiger charge is 2.11. The quantitative estimate of drug-likeness (QED) is 0.647. The Morgan fingerprint density at radius 3 is 2.74 bits per heavy atom. The van der Waals surface area contributed by atoms with Gasteiger partial charge in [-0.2, -0.15) is 0 Å². The molecule has 0 bridgehead atoms. The lowest BCUT2D eigenvalue weighted by Crippen LogP contribution is -2.23. The van der Waals surface area contributed by atoms with E-state index in [9.17, 15) is 9.59 Å². The molecule has 0 saturated carbocycles. The van der Waals surface area contributed by atoms with E-state index in [1.54, 1.807) is 37.4 Å². The topological polar surface area (TPSA) is 82.5 Å². The zero-order chi connectivity index (χ0) is 19.4. The van der Waals surface area contributed by atoms with Gasteiger partial charge in [-0.3, -0.25) is 14.2 Å². The highest BCUT2D eigenvalue weighted by atomic mass is 79.9. The SMILES string of the molecule is COc1ccc(NC(=O)CCn2cnc3ccc(Br)cc3c2=O)c(OC)c1. The summed E-state index contributed by atoms with van der Waals surface area (Å²) in [6.07, 6.45) is 1.58. The van der Waals surface area contributed by atoms with Gasteiger partial charge in [0.25, 0.3) is 5.56 Å². The molecule has 0 radical (unpaired) electrons. The van der Waals surface area contributed by atoms with Crippen LogP contribution in [0.4, 0.5) is 5.69 Å². The minimum atomic E-state index is -0.236. The Morgan fingerprint density at radius 2 is 2.00 bits per heavy atom.